The molecule has 1 aliphatic heterocycles. The van der Waals surface area contributed by atoms with Gasteiger partial charge in [0.1, 0.15) is 5.82 Å². The van der Waals surface area contributed by atoms with Crippen molar-refractivity contribution < 1.29 is 9.21 Å². The number of amides is 1. The number of imidazole rings is 1. The number of benzene rings is 1. The average molecular weight is 396 g/mol. The molecule has 0 saturated carbocycles. The van der Waals surface area contributed by atoms with Crippen LogP contribution >= 0.6 is 0 Å². The summed E-state index contributed by atoms with van der Waals surface area (Å²) in [4.78, 5) is 22.2. The summed E-state index contributed by atoms with van der Waals surface area (Å²) in [6.07, 6.45) is 1.50. The van der Waals surface area contributed by atoms with Gasteiger partial charge in [0.2, 0.25) is 0 Å². The Kier molecular flexibility index (Phi) is 5.69. The van der Waals surface area contributed by atoms with Crippen molar-refractivity contribution in [3.05, 3.63) is 48.2 Å². The van der Waals surface area contributed by atoms with Crippen molar-refractivity contribution in [3.8, 4) is 0 Å². The second-order valence-electron chi connectivity index (χ2n) is 7.84. The highest BCUT2D eigenvalue weighted by atomic mass is 16.3. The first-order valence-electron chi connectivity index (χ1n) is 10.4. The van der Waals surface area contributed by atoms with Crippen LogP contribution in [-0.4, -0.2) is 58.0 Å². The van der Waals surface area contributed by atoms with Crippen LogP contribution in [0.25, 0.3) is 11.0 Å². The van der Waals surface area contributed by atoms with E-state index in [0.717, 1.165) is 61.8 Å². The normalized spacial score (nSPS) is 16.0. The molecule has 0 spiro atoms. The summed E-state index contributed by atoms with van der Waals surface area (Å²) in [7, 11) is 0. The van der Waals surface area contributed by atoms with Crippen molar-refractivity contribution in [2.45, 2.75) is 33.4 Å². The number of anilines is 1. The fourth-order valence-electron chi connectivity index (χ4n) is 3.98. The number of carbonyl (C=O) groups excluding carboxylic acids is 1. The van der Waals surface area contributed by atoms with E-state index in [2.05, 4.69) is 40.5 Å². The number of hydrogen-bond donors (Lipinski definition) is 1. The molecule has 0 bridgehead atoms. The Morgan fingerprint density at radius 2 is 1.93 bits per heavy atom. The molecule has 0 unspecified atom stereocenters. The number of aromatic nitrogens is 2. The molecule has 1 aromatic carbocycles. The van der Waals surface area contributed by atoms with Crippen LogP contribution in [0.15, 0.2) is 41.0 Å². The Bertz CT molecular complexity index is 969. The van der Waals surface area contributed by atoms with Crippen LogP contribution in [0.2, 0.25) is 0 Å². The van der Waals surface area contributed by atoms with E-state index in [4.69, 9.17) is 9.40 Å². The summed E-state index contributed by atoms with van der Waals surface area (Å²) in [5, 5.41) is 2.89. The number of furan rings is 1. The molecule has 3 heterocycles. The van der Waals surface area contributed by atoms with Crippen molar-refractivity contribution >= 4 is 22.6 Å². The smallest absolute Gasteiger partial charge is 0.291 e. The summed E-state index contributed by atoms with van der Waals surface area (Å²) >= 11 is 0. The molecule has 154 valence electrons. The molecule has 2 aromatic heterocycles. The van der Waals surface area contributed by atoms with E-state index in [1.807, 2.05) is 18.2 Å². The highest BCUT2D eigenvalue weighted by molar-refractivity contribution is 6.03. The van der Waals surface area contributed by atoms with Crippen molar-refractivity contribution in [2.75, 3.05) is 38.0 Å². The maximum atomic E-state index is 12.3. The van der Waals surface area contributed by atoms with Crippen LogP contribution in [-0.2, 0) is 6.54 Å². The largest absolute Gasteiger partial charge is 0.459 e. The number of carbonyl (C=O) groups is 1. The summed E-state index contributed by atoms with van der Waals surface area (Å²) < 4.78 is 7.47. The van der Waals surface area contributed by atoms with Crippen LogP contribution in [0, 0.1) is 0 Å². The first-order chi connectivity index (χ1) is 14.0. The quantitative estimate of drug-likeness (QED) is 0.691. The predicted molar refractivity (Wildman–Crippen MR) is 114 cm³/mol. The minimum atomic E-state index is -0.258. The molecule has 4 rings (SSSR count). The molecule has 1 aliphatic rings. The zero-order chi connectivity index (χ0) is 20.4. The van der Waals surface area contributed by atoms with E-state index >= 15 is 0 Å². The van der Waals surface area contributed by atoms with Crippen LogP contribution in [0.4, 0.5) is 5.69 Å². The lowest BCUT2D eigenvalue weighted by Gasteiger charge is -2.34. The second-order valence-corrected chi connectivity index (χ2v) is 7.84. The Morgan fingerprint density at radius 1 is 1.17 bits per heavy atom. The number of nitrogens with zero attached hydrogens (tertiary/aromatic N) is 4. The highest BCUT2D eigenvalue weighted by Gasteiger charge is 2.20. The van der Waals surface area contributed by atoms with Crippen LogP contribution in [0.5, 0.6) is 0 Å². The Labute approximate surface area is 171 Å². The van der Waals surface area contributed by atoms with Crippen molar-refractivity contribution in [1.82, 2.24) is 19.4 Å². The third-order valence-electron chi connectivity index (χ3n) is 5.56. The predicted octanol–water partition coefficient (Wildman–Crippen LogP) is 3.60. The molecule has 0 aliphatic carbocycles. The fraction of sp³-hybridized carbons (Fsp3) is 0.455. The average Bonchev–Trinajstić information content (AvgIpc) is 3.36. The summed E-state index contributed by atoms with van der Waals surface area (Å²) in [6, 6.07) is 9.57. The van der Waals surface area contributed by atoms with Gasteiger partial charge in [-0.1, -0.05) is 6.92 Å². The first-order valence-corrected chi connectivity index (χ1v) is 10.4. The van der Waals surface area contributed by atoms with Crippen molar-refractivity contribution in [1.29, 1.82) is 0 Å². The van der Waals surface area contributed by atoms with E-state index in [0.29, 0.717) is 11.8 Å². The summed E-state index contributed by atoms with van der Waals surface area (Å²) in [5.41, 5.74) is 2.71. The highest BCUT2D eigenvalue weighted by Crippen LogP contribution is 2.25. The monoisotopic (exact) mass is 395 g/mol. The molecular formula is C22H29N5O2. The molecule has 1 fully saturated rings. The molecular weight excluding hydrogens is 366 g/mol. The molecule has 1 amide bonds. The van der Waals surface area contributed by atoms with Gasteiger partial charge in [-0.3, -0.25) is 9.69 Å². The van der Waals surface area contributed by atoms with Gasteiger partial charge >= 0.3 is 0 Å². The number of piperazine rings is 1. The number of rotatable bonds is 6. The molecule has 1 N–H and O–H groups in total. The molecule has 7 heteroatoms. The van der Waals surface area contributed by atoms with E-state index in [1.54, 1.807) is 12.1 Å². The zero-order valence-corrected chi connectivity index (χ0v) is 17.4. The Balaban J connectivity index is 1.56. The number of nitrogens with one attached hydrogen (secondary N) is 1. The maximum absolute atomic E-state index is 12.3. The topological polar surface area (TPSA) is 66.5 Å². The van der Waals surface area contributed by atoms with Gasteiger partial charge in [0, 0.05) is 37.9 Å². The molecule has 29 heavy (non-hydrogen) atoms. The number of fused-ring (bicyclic) bond motifs is 1. The number of likely N-dealkylation sites (N-methyl/N-ethyl adjacent to an activating group) is 1. The lowest BCUT2D eigenvalue weighted by Crippen LogP contribution is -2.45. The lowest BCUT2D eigenvalue weighted by atomic mass is 10.2. The molecule has 1 saturated heterocycles. The maximum Gasteiger partial charge on any atom is 0.291 e. The minimum absolute atomic E-state index is 0.258. The van der Waals surface area contributed by atoms with E-state index < -0.39 is 0 Å². The molecule has 0 radical (unpaired) electrons. The van der Waals surface area contributed by atoms with E-state index in [1.165, 1.54) is 6.26 Å². The third-order valence-corrected chi connectivity index (χ3v) is 5.56. The van der Waals surface area contributed by atoms with Crippen LogP contribution < -0.4 is 5.32 Å². The van der Waals surface area contributed by atoms with E-state index in [9.17, 15) is 4.79 Å². The van der Waals surface area contributed by atoms with Gasteiger partial charge in [0.15, 0.2) is 5.76 Å². The van der Waals surface area contributed by atoms with E-state index in [-0.39, 0.29) is 5.91 Å². The zero-order valence-electron chi connectivity index (χ0n) is 17.4. The molecule has 3 aromatic rings. The summed E-state index contributed by atoms with van der Waals surface area (Å²) in [6.45, 7) is 12.9. The number of hydrogen-bond acceptors (Lipinski definition) is 5. The van der Waals surface area contributed by atoms with Crippen LogP contribution in [0.3, 0.4) is 0 Å². The molecule has 0 atom stereocenters. The van der Waals surface area contributed by atoms with Gasteiger partial charge in [0.25, 0.3) is 5.91 Å². The van der Waals surface area contributed by atoms with Gasteiger partial charge in [0.05, 0.1) is 23.8 Å². The fourth-order valence-corrected chi connectivity index (χ4v) is 3.98. The Morgan fingerprint density at radius 3 is 2.59 bits per heavy atom. The lowest BCUT2D eigenvalue weighted by molar-refractivity contribution is 0.0996. The minimum Gasteiger partial charge on any atom is -0.459 e. The first kappa shape index (κ1) is 19.7. The van der Waals surface area contributed by atoms with Gasteiger partial charge < -0.3 is 19.2 Å². The van der Waals surface area contributed by atoms with Gasteiger partial charge in [-0.05, 0) is 50.7 Å². The Hall–Kier alpha value is -2.64. The SMILES string of the molecule is CCN1CCN(Cc2nc3cc(NC(=O)c4ccco4)ccc3n2C(C)C)CC1. The van der Waals surface area contributed by atoms with Crippen LogP contribution in [0.1, 0.15) is 43.2 Å². The van der Waals surface area contributed by atoms with Gasteiger partial charge in [-0.15, -0.1) is 0 Å². The van der Waals surface area contributed by atoms with Crippen molar-refractivity contribution in [2.24, 2.45) is 0 Å². The van der Waals surface area contributed by atoms with Gasteiger partial charge in [-0.2, -0.15) is 0 Å². The molecule has 7 nitrogen and oxygen atoms in total. The second kappa shape index (κ2) is 8.39. The van der Waals surface area contributed by atoms with Gasteiger partial charge in [-0.25, -0.2) is 4.98 Å². The third kappa shape index (κ3) is 4.21. The summed E-state index contributed by atoms with van der Waals surface area (Å²) in [5.74, 6) is 1.12. The van der Waals surface area contributed by atoms with Crippen molar-refractivity contribution in [3.63, 3.8) is 0 Å². The standard InChI is InChI=1S/C22H29N5O2/c1-4-25-9-11-26(12-10-25)15-21-24-18-14-17(7-8-19(18)27(21)16(2)3)23-22(28)20-6-5-13-29-20/h5-8,13-14,16H,4,9-12,15H2,1-3H3,(H,23,28).